The molecule has 44 heavy (non-hydrogen) atoms. The monoisotopic (exact) mass is 611 g/mol. The number of rotatable bonds is 8. The van der Waals surface area contributed by atoms with Crippen LogP contribution in [0.2, 0.25) is 0 Å². The SMILES string of the molecule is CC.CC.CC.CCC.CCCC.CCCCC.COc1ccc(C(C)(c2ccccc2)c2ccc(OC(C)=O)cc2)cc1. The highest BCUT2D eigenvalue weighted by molar-refractivity contribution is 5.69. The first-order valence-corrected chi connectivity index (χ1v) is 17.3. The minimum Gasteiger partial charge on any atom is -0.497 e. The highest BCUT2D eigenvalue weighted by Gasteiger charge is 2.31. The van der Waals surface area contributed by atoms with Crippen LogP contribution >= 0.6 is 0 Å². The molecule has 0 aliphatic rings. The molecule has 0 saturated heterocycles. The summed E-state index contributed by atoms with van der Waals surface area (Å²) in [5, 5.41) is 0. The van der Waals surface area contributed by atoms with Crippen LogP contribution in [0.4, 0.5) is 0 Å². The second-order valence-electron chi connectivity index (χ2n) is 9.40. The molecular weight excluding hydrogens is 540 g/mol. The minimum absolute atomic E-state index is 0.321. The van der Waals surface area contributed by atoms with E-state index in [0.717, 1.165) is 16.9 Å². The second kappa shape index (κ2) is 34.4. The van der Waals surface area contributed by atoms with Crippen molar-refractivity contribution in [1.29, 1.82) is 0 Å². The third-order valence-electron chi connectivity index (χ3n) is 5.92. The smallest absolute Gasteiger partial charge is 0.308 e. The molecule has 0 N–H and O–H groups in total. The van der Waals surface area contributed by atoms with Crippen LogP contribution in [0.3, 0.4) is 0 Å². The molecule has 0 saturated carbocycles. The van der Waals surface area contributed by atoms with Gasteiger partial charge in [-0.3, -0.25) is 4.79 Å². The van der Waals surface area contributed by atoms with Crippen molar-refractivity contribution in [3.63, 3.8) is 0 Å². The number of ether oxygens (including phenoxy) is 2. The first kappa shape index (κ1) is 47.8. The Bertz CT molecular complexity index is 959. The fourth-order valence-corrected chi connectivity index (χ4v) is 3.57. The highest BCUT2D eigenvalue weighted by atomic mass is 16.5. The zero-order chi connectivity index (χ0) is 34.8. The number of carbonyl (C=O) groups is 1. The van der Waals surface area contributed by atoms with Crippen molar-refractivity contribution in [2.24, 2.45) is 0 Å². The predicted molar refractivity (Wildman–Crippen MR) is 199 cm³/mol. The number of methoxy groups -OCH3 is 1. The normalized spacial score (nSPS) is 10.1. The van der Waals surface area contributed by atoms with Gasteiger partial charge in [-0.1, -0.05) is 176 Å². The molecule has 3 rings (SSSR count). The molecule has 3 aromatic carbocycles. The zero-order valence-corrected chi connectivity index (χ0v) is 31.5. The van der Waals surface area contributed by atoms with Crippen LogP contribution in [-0.4, -0.2) is 13.1 Å². The maximum atomic E-state index is 11.2. The maximum Gasteiger partial charge on any atom is 0.308 e. The number of benzene rings is 3. The molecule has 0 amide bonds. The summed E-state index contributed by atoms with van der Waals surface area (Å²) in [6.07, 6.45) is 7.97. The molecule has 0 aliphatic heterocycles. The molecule has 0 aliphatic carbocycles. The summed E-state index contributed by atoms with van der Waals surface area (Å²) in [4.78, 5) is 11.2. The van der Waals surface area contributed by atoms with Crippen molar-refractivity contribution < 1.29 is 14.3 Å². The van der Waals surface area contributed by atoms with Crippen LogP contribution in [0.25, 0.3) is 0 Å². The summed E-state index contributed by atoms with van der Waals surface area (Å²) in [7, 11) is 1.67. The lowest BCUT2D eigenvalue weighted by atomic mass is 9.71. The lowest BCUT2D eigenvalue weighted by Gasteiger charge is -2.32. The number of carbonyl (C=O) groups excluding carboxylic acids is 1. The minimum atomic E-state index is -0.345. The molecule has 0 heterocycles. The third kappa shape index (κ3) is 20.8. The van der Waals surface area contributed by atoms with Gasteiger partial charge >= 0.3 is 5.97 Å². The van der Waals surface area contributed by atoms with Gasteiger partial charge in [0.2, 0.25) is 0 Å². The van der Waals surface area contributed by atoms with Crippen LogP contribution < -0.4 is 9.47 Å². The Morgan fingerprint density at radius 2 is 0.909 bits per heavy atom. The number of hydrogen-bond donors (Lipinski definition) is 0. The zero-order valence-electron chi connectivity index (χ0n) is 31.5. The van der Waals surface area contributed by atoms with Gasteiger partial charge in [0.25, 0.3) is 0 Å². The number of esters is 1. The average Bonchev–Trinajstić information content (AvgIpc) is 3.09. The predicted octanol–water partition coefficient (Wildman–Crippen LogP) is 13.5. The molecule has 0 radical (unpaired) electrons. The standard InChI is InChI=1S/C23H22O3.C5H12.C4H10.C3H8.3C2H6/c1-17(24)26-22-15-11-20(12-16-22)23(2,18-7-5-4-6-8-18)19-9-13-21(25-3)14-10-19;1-3-5-4-2;1-3-4-2;1-3-2;3*1-2/h4-16H,1-3H3;3-5H2,1-2H3;3-4H2,1-2H3;3H2,1-2H3;3*1-2H3. The molecule has 0 aromatic heterocycles. The molecule has 0 bridgehead atoms. The van der Waals surface area contributed by atoms with Gasteiger partial charge in [0, 0.05) is 12.3 Å². The highest BCUT2D eigenvalue weighted by Crippen LogP contribution is 2.39. The van der Waals surface area contributed by atoms with E-state index >= 15 is 0 Å². The summed E-state index contributed by atoms with van der Waals surface area (Å²) in [5.74, 6) is 1.06. The summed E-state index contributed by atoms with van der Waals surface area (Å²) >= 11 is 0. The van der Waals surface area contributed by atoms with Gasteiger partial charge in [0.1, 0.15) is 11.5 Å². The van der Waals surface area contributed by atoms with Crippen LogP contribution in [0, 0.1) is 0 Å². The lowest BCUT2D eigenvalue weighted by Crippen LogP contribution is -2.25. The fraction of sp³-hybridized carbons (Fsp3) is 0.537. The Kier molecular flexibility index (Phi) is 37.4. The molecule has 3 aromatic rings. The van der Waals surface area contributed by atoms with Crippen molar-refractivity contribution in [2.45, 2.75) is 141 Å². The van der Waals surface area contributed by atoms with Gasteiger partial charge < -0.3 is 9.47 Å². The van der Waals surface area contributed by atoms with Crippen LogP contribution in [0.15, 0.2) is 78.9 Å². The molecule has 0 fully saturated rings. The van der Waals surface area contributed by atoms with Gasteiger partial charge in [-0.25, -0.2) is 0 Å². The third-order valence-corrected chi connectivity index (χ3v) is 5.92. The number of hydrogen-bond acceptors (Lipinski definition) is 3. The Labute approximate surface area is 274 Å². The molecule has 3 heteroatoms. The first-order chi connectivity index (χ1) is 21.3. The Balaban J connectivity index is -0.000000371. The summed E-state index contributed by atoms with van der Waals surface area (Å²) in [6, 6.07) is 26.2. The Hall–Kier alpha value is -3.07. The molecule has 1 atom stereocenters. The van der Waals surface area contributed by atoms with Gasteiger partial charge in [-0.15, -0.1) is 0 Å². The maximum absolute atomic E-state index is 11.2. The number of unbranched alkanes of at least 4 members (excludes halogenated alkanes) is 3. The van der Waals surface area contributed by atoms with Gasteiger partial charge in [0.15, 0.2) is 0 Å². The lowest BCUT2D eigenvalue weighted by molar-refractivity contribution is -0.131. The van der Waals surface area contributed by atoms with E-state index in [1.54, 1.807) is 7.11 Å². The van der Waals surface area contributed by atoms with Crippen LogP contribution in [0.5, 0.6) is 11.5 Å². The molecule has 3 nitrogen and oxygen atoms in total. The van der Waals surface area contributed by atoms with E-state index in [4.69, 9.17) is 9.47 Å². The largest absolute Gasteiger partial charge is 0.497 e. The Morgan fingerprint density at radius 1 is 0.568 bits per heavy atom. The van der Waals surface area contributed by atoms with E-state index in [9.17, 15) is 4.79 Å². The van der Waals surface area contributed by atoms with E-state index in [0.29, 0.717) is 5.75 Å². The molecule has 252 valence electrons. The average molecular weight is 611 g/mol. The summed E-state index contributed by atoms with van der Waals surface area (Å²) < 4.78 is 10.5. The van der Waals surface area contributed by atoms with E-state index in [1.165, 1.54) is 51.0 Å². The van der Waals surface area contributed by atoms with Crippen molar-refractivity contribution >= 4 is 5.97 Å². The van der Waals surface area contributed by atoms with Crippen LogP contribution in [-0.2, 0) is 10.2 Å². The Morgan fingerprint density at radius 3 is 1.18 bits per heavy atom. The van der Waals surface area contributed by atoms with Gasteiger partial charge in [-0.2, -0.15) is 0 Å². The van der Waals surface area contributed by atoms with Crippen molar-refractivity contribution in [3.05, 3.63) is 95.6 Å². The molecular formula is C41H70O3. The fourth-order valence-electron chi connectivity index (χ4n) is 3.57. The topological polar surface area (TPSA) is 35.5 Å². The van der Waals surface area contributed by atoms with E-state index in [2.05, 4.69) is 72.7 Å². The quantitative estimate of drug-likeness (QED) is 0.145. The first-order valence-electron chi connectivity index (χ1n) is 17.3. The second-order valence-corrected chi connectivity index (χ2v) is 9.40. The van der Waals surface area contributed by atoms with Gasteiger partial charge in [-0.05, 0) is 47.9 Å². The van der Waals surface area contributed by atoms with Crippen molar-refractivity contribution in [2.75, 3.05) is 7.11 Å². The summed E-state index contributed by atoms with van der Waals surface area (Å²) in [5.41, 5.74) is 3.11. The van der Waals surface area contributed by atoms with Crippen molar-refractivity contribution in [3.8, 4) is 11.5 Å². The van der Waals surface area contributed by atoms with E-state index in [1.807, 2.05) is 96.1 Å². The van der Waals surface area contributed by atoms with Crippen LogP contribution in [0.1, 0.15) is 152 Å². The van der Waals surface area contributed by atoms with E-state index in [-0.39, 0.29) is 11.4 Å². The van der Waals surface area contributed by atoms with Crippen molar-refractivity contribution in [1.82, 2.24) is 0 Å². The molecule has 0 spiro atoms. The van der Waals surface area contributed by atoms with E-state index < -0.39 is 0 Å². The summed E-state index contributed by atoms with van der Waals surface area (Å²) in [6.45, 7) is 28.6. The molecule has 1 unspecified atom stereocenters. The van der Waals surface area contributed by atoms with Gasteiger partial charge in [0.05, 0.1) is 7.11 Å².